The molecule has 0 spiro atoms. The van der Waals surface area contributed by atoms with Crippen molar-refractivity contribution >= 4 is 11.6 Å². The normalized spacial score (nSPS) is 50.7. The first-order valence-corrected chi connectivity index (χ1v) is 24.5. The second-order valence-corrected chi connectivity index (χ2v) is 20.1. The molecule has 6 heterocycles. The van der Waals surface area contributed by atoms with E-state index < -0.39 is 253 Å². The number of rotatable bonds is 20. The number of aliphatic hydroxyl groups is 17. The molecule has 29 N–H and O–H groups in total. The Morgan fingerprint density at radius 2 is 0.753 bits per heavy atom. The molecule has 0 aliphatic carbocycles. The highest BCUT2D eigenvalue weighted by Gasteiger charge is 2.64. The lowest BCUT2D eigenvalue weighted by Gasteiger charge is -2.51. The van der Waals surface area contributed by atoms with E-state index in [-0.39, 0.29) is 0 Å². The van der Waals surface area contributed by atoms with E-state index in [1.165, 1.54) is 0 Å². The van der Waals surface area contributed by atoms with Crippen LogP contribution >= 0.6 is 0 Å². The average Bonchev–Trinajstić information content (AvgIpc) is 3.41. The molecule has 0 saturated carbocycles. The maximum Gasteiger partial charge on any atom is 0.181 e. The summed E-state index contributed by atoms with van der Waals surface area (Å²) in [4.78, 5) is 29.2. The third-order valence-corrected chi connectivity index (χ3v) is 15.2. The highest BCUT2D eigenvalue weighted by atomic mass is 16.8. The molecule has 0 aromatic rings. The van der Waals surface area contributed by atoms with Gasteiger partial charge in [0.1, 0.15) is 97.7 Å². The molecule has 6 saturated heterocycles. The van der Waals surface area contributed by atoms with Gasteiger partial charge in [-0.3, -0.25) is 9.59 Å². The Morgan fingerprint density at radius 1 is 0.455 bits per heavy atom. The molecule has 0 aromatic carbocycles. The van der Waals surface area contributed by atoms with E-state index in [1.54, 1.807) is 0 Å². The molecule has 6 aliphatic heterocycles. The van der Waals surface area contributed by atoms with E-state index in [0.717, 1.165) is 6.92 Å². The summed E-state index contributed by atoms with van der Waals surface area (Å²) in [5.41, 5.74) is 30.2. The summed E-state index contributed by atoms with van der Waals surface area (Å²) in [7, 11) is 0. The van der Waals surface area contributed by atoms with E-state index in [0.29, 0.717) is 0 Å². The molecular weight excluding hydrogens is 1050 g/mol. The molecule has 0 amide bonds. The van der Waals surface area contributed by atoms with Crippen LogP contribution in [0.5, 0.6) is 0 Å². The van der Waals surface area contributed by atoms with Crippen LogP contribution in [-0.4, -0.2) is 327 Å². The van der Waals surface area contributed by atoms with Crippen LogP contribution in [0.15, 0.2) is 0 Å². The van der Waals surface area contributed by atoms with E-state index in [9.17, 15) is 96.4 Å². The Bertz CT molecular complexity index is 1920. The van der Waals surface area contributed by atoms with Gasteiger partial charge in [-0.15, -0.1) is 0 Å². The number of ether oxygens (including phenoxy) is 10. The van der Waals surface area contributed by atoms with Crippen molar-refractivity contribution in [3.63, 3.8) is 0 Å². The first-order chi connectivity index (χ1) is 36.2. The fraction of sp³-hybridized carbons (Fsp3) is 0.952. The average molecular weight is 1130 g/mol. The number of aliphatic hydroxyl groups excluding tert-OH is 17. The van der Waals surface area contributed by atoms with Crippen molar-refractivity contribution < 1.29 is 144 Å². The molecule has 6 aliphatic rings. The largest absolute Gasteiger partial charge is 0.394 e. The number of ketones is 2. The van der Waals surface area contributed by atoms with Gasteiger partial charge in [-0.25, -0.2) is 0 Å². The molecule has 6 rings (SSSR count). The maximum atomic E-state index is 14.7. The number of hydrogen-bond acceptors (Lipinski definition) is 35. The van der Waals surface area contributed by atoms with Crippen LogP contribution in [-0.2, 0) is 57.0 Å². The van der Waals surface area contributed by atoms with E-state index in [1.807, 2.05) is 0 Å². The Labute approximate surface area is 437 Å². The number of carbonyl (C=O) groups excluding carboxylic acids is 2. The van der Waals surface area contributed by atoms with Gasteiger partial charge in [0, 0.05) is 6.42 Å². The van der Waals surface area contributed by atoms with Crippen molar-refractivity contribution in [2.75, 3.05) is 39.6 Å². The molecule has 448 valence electrons. The van der Waals surface area contributed by atoms with E-state index in [2.05, 4.69) is 0 Å². The molecule has 0 bridgehead atoms. The molecule has 6 unspecified atom stereocenters. The summed E-state index contributed by atoms with van der Waals surface area (Å²) in [5.74, 6) is -5.23. The van der Waals surface area contributed by atoms with Crippen LogP contribution in [0.4, 0.5) is 0 Å². The van der Waals surface area contributed by atoms with Crippen LogP contribution < -0.4 is 34.4 Å². The number of nitrogens with two attached hydrogens (primary N) is 6. The lowest BCUT2D eigenvalue weighted by atomic mass is 9.73. The monoisotopic (exact) mass is 1130 g/mol. The van der Waals surface area contributed by atoms with Crippen molar-refractivity contribution in [1.82, 2.24) is 0 Å². The Balaban J connectivity index is 1.19. The van der Waals surface area contributed by atoms with Gasteiger partial charge in [0.05, 0.1) is 87.9 Å². The summed E-state index contributed by atoms with van der Waals surface area (Å²) in [6.45, 7) is -5.79. The lowest BCUT2D eigenvalue weighted by Crippen LogP contribution is -2.74. The smallest absolute Gasteiger partial charge is 0.181 e. The third kappa shape index (κ3) is 12.1. The first-order valence-electron chi connectivity index (χ1n) is 24.5. The van der Waals surface area contributed by atoms with Crippen molar-refractivity contribution in [1.29, 1.82) is 0 Å². The number of Topliss-reactive ketones (excluding diaryl/α,β-unsaturated/α-hetero) is 2. The summed E-state index contributed by atoms with van der Waals surface area (Å²) in [5, 5.41) is 183. The van der Waals surface area contributed by atoms with Crippen LogP contribution in [0, 0.1) is 5.92 Å². The van der Waals surface area contributed by atoms with Gasteiger partial charge in [-0.05, 0) is 6.92 Å². The van der Waals surface area contributed by atoms with Crippen molar-refractivity contribution in [3.05, 3.63) is 0 Å². The fourth-order valence-electron chi connectivity index (χ4n) is 10.2. The Morgan fingerprint density at radius 3 is 1.09 bits per heavy atom. The van der Waals surface area contributed by atoms with E-state index in [4.69, 9.17) is 81.8 Å². The quantitative estimate of drug-likeness (QED) is 0.0538. The Kier molecular flexibility index (Phi) is 21.7. The minimum Gasteiger partial charge on any atom is -0.394 e. The highest BCUT2D eigenvalue weighted by Crippen LogP contribution is 2.40. The minimum atomic E-state index is -3.11. The third-order valence-electron chi connectivity index (χ3n) is 15.2. The second-order valence-electron chi connectivity index (χ2n) is 20.1. The minimum absolute atomic E-state index is 0.811. The van der Waals surface area contributed by atoms with Gasteiger partial charge in [0.2, 0.25) is 0 Å². The SMILES string of the molecule is CC(O)C(CC(=O)[C@]1(CO)O[C@H](OC2[C@@H](CO)O[C@@H](OC3[C@@H](CO)O[C@@H](O)[C@H](N)[C@H]3O)[C@H](N)[C@H]2O)[C@H](N)[C@@H](O)[C@@H]1O)C(=O)[C@]1(CO)O[C@H](OC2[C@@H](CO)O[C@@H](OC3[C@@H](CO)O[C@@H](O)[C@H](N)[C@H]3O)[C@H](N)[C@H]2O)[C@H](N)[C@@H](O)[C@@H]1O. The van der Waals surface area contributed by atoms with Crippen LogP contribution in [0.25, 0.3) is 0 Å². The topological polar surface area (TPSA) is 626 Å². The molecule has 35 heteroatoms. The summed E-state index contributed by atoms with van der Waals surface area (Å²) >= 11 is 0. The summed E-state index contributed by atoms with van der Waals surface area (Å²) in [6, 6.07) is -9.97. The molecule has 35 nitrogen and oxygen atoms in total. The van der Waals surface area contributed by atoms with Crippen molar-refractivity contribution in [2.45, 2.75) is 202 Å². The summed E-state index contributed by atoms with van der Waals surface area (Å²) < 4.78 is 56.6. The van der Waals surface area contributed by atoms with Crippen molar-refractivity contribution in [3.8, 4) is 0 Å². The van der Waals surface area contributed by atoms with Gasteiger partial charge in [0.15, 0.2) is 60.5 Å². The Hall–Kier alpha value is -1.98. The molecule has 6 fully saturated rings. The highest BCUT2D eigenvalue weighted by molar-refractivity contribution is 5.97. The van der Waals surface area contributed by atoms with Crippen LogP contribution in [0.1, 0.15) is 13.3 Å². The van der Waals surface area contributed by atoms with Crippen LogP contribution in [0.3, 0.4) is 0 Å². The standard InChI is InChI=1S/C42H76N6O29/c1-9(55)10(32(63)42(8-54)34(65)27(62)21(48)40(77-42)75-31-14(6-52)71-38(19(46)25(31)60)73-29-12(4-50)69-36(67)17(44)23(29)58)2-15(56)41(7-53)33(64)26(61)20(47)39(76-41)74-30-13(5-51)70-37(18(45)24(30)59)72-28-11(3-49)68-35(66)16(43)22(28)57/h9-14,16-31,33-40,49-55,57-62,64-67H,2-8,43-48H2,1H3/t9?,10?,11-,12-,13-,14-,16-,17-,18-,19-,20-,21-,22-,23-,24-,25-,26-,27-,28?,29?,30?,31?,33+,34+,35-,36-,37+,38+,39+,40+,41+,42+/m1/s1. The first kappa shape index (κ1) is 64.2. The zero-order chi connectivity index (χ0) is 57.5. The fourth-order valence-corrected chi connectivity index (χ4v) is 10.2. The predicted molar refractivity (Wildman–Crippen MR) is 242 cm³/mol. The maximum absolute atomic E-state index is 14.7. The van der Waals surface area contributed by atoms with E-state index >= 15 is 0 Å². The summed E-state index contributed by atoms with van der Waals surface area (Å²) in [6.07, 6.45) is -44.2. The van der Waals surface area contributed by atoms with Gasteiger partial charge in [-0.1, -0.05) is 0 Å². The molecule has 0 radical (unpaired) electrons. The van der Waals surface area contributed by atoms with Gasteiger partial charge in [-0.2, -0.15) is 0 Å². The van der Waals surface area contributed by atoms with Crippen molar-refractivity contribution in [2.24, 2.45) is 40.3 Å². The zero-order valence-corrected chi connectivity index (χ0v) is 41.2. The number of carbonyl (C=O) groups is 2. The zero-order valence-electron chi connectivity index (χ0n) is 41.2. The molecular formula is C42H76N6O29. The van der Waals surface area contributed by atoms with Gasteiger partial charge >= 0.3 is 0 Å². The molecule has 32 atom stereocenters. The number of hydrogen-bond donors (Lipinski definition) is 23. The van der Waals surface area contributed by atoms with Crippen LogP contribution in [0.2, 0.25) is 0 Å². The van der Waals surface area contributed by atoms with Gasteiger partial charge < -0.3 is 169 Å². The predicted octanol–water partition coefficient (Wildman–Crippen LogP) is -16.1. The van der Waals surface area contributed by atoms with Gasteiger partial charge in [0.25, 0.3) is 0 Å². The lowest BCUT2D eigenvalue weighted by molar-refractivity contribution is -0.356. The molecule has 77 heavy (non-hydrogen) atoms. The second kappa shape index (κ2) is 26.1. The molecule has 0 aromatic heterocycles.